The van der Waals surface area contributed by atoms with Crippen LogP contribution in [0.2, 0.25) is 0 Å². The minimum absolute atomic E-state index is 0.00991. The molecule has 8 nitrogen and oxygen atoms in total. The van der Waals surface area contributed by atoms with Gasteiger partial charge in [-0.25, -0.2) is 22.3 Å². The number of ether oxygens (including phenoxy) is 1. The highest BCUT2D eigenvalue weighted by atomic mass is 32.2. The molecule has 5 fully saturated rings. The Morgan fingerprint density at radius 2 is 1.78 bits per heavy atom. The summed E-state index contributed by atoms with van der Waals surface area (Å²) in [6.07, 6.45) is 4.62. The lowest BCUT2D eigenvalue weighted by molar-refractivity contribution is -0.148. The Labute approximate surface area is 186 Å². The molecule has 0 aromatic heterocycles. The normalized spacial score (nSPS) is 34.2. The van der Waals surface area contributed by atoms with Crippen molar-refractivity contribution in [2.45, 2.75) is 61.5 Å². The average Bonchev–Trinajstić information content (AvgIpc) is 3.49. The van der Waals surface area contributed by atoms with E-state index in [1.165, 1.54) is 18.2 Å². The van der Waals surface area contributed by atoms with E-state index in [9.17, 15) is 22.4 Å². The molecule has 0 aliphatic heterocycles. The molecule has 2 amide bonds. The highest BCUT2D eigenvalue weighted by Crippen LogP contribution is 2.57. The minimum Gasteiger partial charge on any atom is -0.443 e. The zero-order valence-corrected chi connectivity index (χ0v) is 18.5. The lowest BCUT2D eigenvalue weighted by Crippen LogP contribution is -2.63. The number of nitrogens with one attached hydrogen (secondary N) is 2. The third-order valence-electron chi connectivity index (χ3n) is 7.89. The Kier molecular flexibility index (Phi) is 5.01. The smallest absolute Gasteiger partial charge is 0.405 e. The van der Waals surface area contributed by atoms with E-state index < -0.39 is 37.8 Å². The zero-order valence-electron chi connectivity index (χ0n) is 17.7. The third kappa shape index (κ3) is 3.77. The molecule has 10 heteroatoms. The van der Waals surface area contributed by atoms with Crippen LogP contribution in [0.1, 0.15) is 44.9 Å². The van der Waals surface area contributed by atoms with Gasteiger partial charge in [-0.15, -0.1) is 0 Å². The van der Waals surface area contributed by atoms with Gasteiger partial charge in [0.15, 0.2) is 0 Å². The third-order valence-corrected chi connectivity index (χ3v) is 9.33. The quantitative estimate of drug-likeness (QED) is 0.568. The van der Waals surface area contributed by atoms with Crippen LogP contribution in [0.3, 0.4) is 0 Å². The van der Waals surface area contributed by atoms with Crippen LogP contribution in [0.15, 0.2) is 29.2 Å². The fraction of sp³-hybridized carbons (Fsp3) is 0.636. The predicted molar refractivity (Wildman–Crippen MR) is 112 cm³/mol. The van der Waals surface area contributed by atoms with Gasteiger partial charge in [0.2, 0.25) is 15.9 Å². The number of hydrogen-bond acceptors (Lipinski definition) is 5. The summed E-state index contributed by atoms with van der Waals surface area (Å²) >= 11 is 0. The Balaban J connectivity index is 1.24. The van der Waals surface area contributed by atoms with Gasteiger partial charge in [-0.1, -0.05) is 12.1 Å². The molecule has 5 aliphatic rings. The standard InChI is InChI=1S/C22H28FN3O5S/c23-16-3-1-2-4-17(16)32(29,30)25-12-21(5-6-21)19(27)26-18-14-7-13-8-15(18)11-22(9-13,10-14)31-20(24)28/h1-4,13-15,18,25H,5-12H2,(H2,24,28)(H,26,27). The Hall–Kier alpha value is -2.20. The molecule has 0 radical (unpaired) electrons. The van der Waals surface area contributed by atoms with Gasteiger partial charge >= 0.3 is 6.09 Å². The highest BCUT2D eigenvalue weighted by molar-refractivity contribution is 7.89. The topological polar surface area (TPSA) is 128 Å². The lowest BCUT2D eigenvalue weighted by atomic mass is 9.52. The number of carbonyl (C=O) groups is 2. The summed E-state index contributed by atoms with van der Waals surface area (Å²) in [6.45, 7) is -0.0606. The molecular formula is C22H28FN3O5S. The van der Waals surface area contributed by atoms with Gasteiger partial charge < -0.3 is 15.8 Å². The van der Waals surface area contributed by atoms with E-state index in [2.05, 4.69) is 10.0 Å². The van der Waals surface area contributed by atoms with Gasteiger partial charge in [-0.05, 0) is 74.8 Å². The summed E-state index contributed by atoms with van der Waals surface area (Å²) in [7, 11) is -4.05. The molecule has 5 aliphatic carbocycles. The molecule has 4 bridgehead atoms. The molecular weight excluding hydrogens is 437 g/mol. The lowest BCUT2D eigenvalue weighted by Gasteiger charge is -2.59. The van der Waals surface area contributed by atoms with E-state index in [0.717, 1.165) is 25.3 Å². The van der Waals surface area contributed by atoms with E-state index in [1.807, 2.05) is 0 Å². The maximum atomic E-state index is 13.9. The number of rotatable bonds is 7. The fourth-order valence-corrected chi connectivity index (χ4v) is 7.64. The second-order valence-electron chi connectivity index (χ2n) is 10.1. The molecule has 0 heterocycles. The summed E-state index contributed by atoms with van der Waals surface area (Å²) in [5, 5.41) is 3.20. The van der Waals surface area contributed by atoms with Crippen LogP contribution < -0.4 is 15.8 Å². The minimum atomic E-state index is -4.05. The Morgan fingerprint density at radius 1 is 1.12 bits per heavy atom. The van der Waals surface area contributed by atoms with Crippen molar-refractivity contribution in [3.8, 4) is 0 Å². The second kappa shape index (κ2) is 7.41. The van der Waals surface area contributed by atoms with Crippen molar-refractivity contribution < 1.29 is 27.1 Å². The van der Waals surface area contributed by atoms with Crippen LogP contribution in [0.25, 0.3) is 0 Å². The van der Waals surface area contributed by atoms with Crippen LogP contribution >= 0.6 is 0 Å². The van der Waals surface area contributed by atoms with Crippen molar-refractivity contribution in [2.75, 3.05) is 6.54 Å². The largest absolute Gasteiger partial charge is 0.443 e. The second-order valence-corrected chi connectivity index (χ2v) is 11.8. The van der Waals surface area contributed by atoms with Gasteiger partial charge in [0.1, 0.15) is 16.3 Å². The molecule has 0 saturated heterocycles. The van der Waals surface area contributed by atoms with Crippen molar-refractivity contribution in [2.24, 2.45) is 28.9 Å². The summed E-state index contributed by atoms with van der Waals surface area (Å²) in [6, 6.07) is 5.17. The molecule has 2 unspecified atom stereocenters. The van der Waals surface area contributed by atoms with E-state index in [0.29, 0.717) is 31.6 Å². The van der Waals surface area contributed by atoms with E-state index in [1.54, 1.807) is 0 Å². The molecule has 1 aromatic rings. The van der Waals surface area contributed by atoms with Gasteiger partial charge in [0.25, 0.3) is 0 Å². The molecule has 1 aromatic carbocycles. The maximum Gasteiger partial charge on any atom is 0.405 e. The first-order valence-corrected chi connectivity index (χ1v) is 12.6. The monoisotopic (exact) mass is 465 g/mol. The highest BCUT2D eigenvalue weighted by Gasteiger charge is 2.59. The molecule has 6 rings (SSSR count). The zero-order chi connectivity index (χ0) is 22.7. The number of amides is 2. The van der Waals surface area contributed by atoms with Crippen LogP contribution in [0, 0.1) is 29.0 Å². The predicted octanol–water partition coefficient (Wildman–Crippen LogP) is 2.04. The van der Waals surface area contributed by atoms with Gasteiger partial charge in [-0.2, -0.15) is 0 Å². The molecule has 4 N–H and O–H groups in total. The Morgan fingerprint density at radius 3 is 2.38 bits per heavy atom. The number of benzene rings is 1. The summed E-state index contributed by atoms with van der Waals surface area (Å²) in [5.41, 5.74) is 4.00. The number of carbonyl (C=O) groups excluding carboxylic acids is 2. The first kappa shape index (κ1) is 21.6. The van der Waals surface area contributed by atoms with Gasteiger partial charge in [-0.3, -0.25) is 4.79 Å². The fourth-order valence-electron chi connectivity index (χ4n) is 6.44. The van der Waals surface area contributed by atoms with Crippen LogP contribution in [-0.2, 0) is 19.6 Å². The van der Waals surface area contributed by atoms with Crippen LogP contribution in [0.4, 0.5) is 9.18 Å². The van der Waals surface area contributed by atoms with E-state index in [-0.39, 0.29) is 30.3 Å². The summed E-state index contributed by atoms with van der Waals surface area (Å²) < 4.78 is 46.9. The van der Waals surface area contributed by atoms with Crippen molar-refractivity contribution in [3.05, 3.63) is 30.1 Å². The van der Waals surface area contributed by atoms with E-state index >= 15 is 0 Å². The average molecular weight is 466 g/mol. The van der Waals surface area contributed by atoms with E-state index in [4.69, 9.17) is 10.5 Å². The molecule has 174 valence electrons. The molecule has 0 spiro atoms. The van der Waals surface area contributed by atoms with Crippen molar-refractivity contribution in [3.63, 3.8) is 0 Å². The van der Waals surface area contributed by atoms with Crippen molar-refractivity contribution in [1.29, 1.82) is 0 Å². The number of sulfonamides is 1. The van der Waals surface area contributed by atoms with Crippen LogP contribution in [-0.4, -0.2) is 38.6 Å². The molecule has 2 atom stereocenters. The summed E-state index contributed by atoms with van der Waals surface area (Å²) in [4.78, 5) is 24.2. The Bertz CT molecular complexity index is 1040. The van der Waals surface area contributed by atoms with Gasteiger partial charge in [0.05, 0.1) is 5.41 Å². The number of nitrogens with two attached hydrogens (primary N) is 1. The first-order chi connectivity index (χ1) is 15.1. The van der Waals surface area contributed by atoms with Crippen LogP contribution in [0.5, 0.6) is 0 Å². The summed E-state index contributed by atoms with van der Waals surface area (Å²) in [5.74, 6) is -0.0699. The van der Waals surface area contributed by atoms with Crippen molar-refractivity contribution >= 4 is 22.0 Å². The SMILES string of the molecule is NC(=O)OC12CC3CC(C1)C(NC(=O)C1(CNS(=O)(=O)c4ccccc4F)CC1)C(C3)C2. The number of hydrogen-bond donors (Lipinski definition) is 3. The molecule has 32 heavy (non-hydrogen) atoms. The van der Waals surface area contributed by atoms with Gasteiger partial charge in [0, 0.05) is 12.6 Å². The number of halogens is 1. The maximum absolute atomic E-state index is 13.9. The molecule has 5 saturated carbocycles. The van der Waals surface area contributed by atoms with Crippen molar-refractivity contribution in [1.82, 2.24) is 10.0 Å². The number of primary amides is 1. The first-order valence-electron chi connectivity index (χ1n) is 11.2.